The summed E-state index contributed by atoms with van der Waals surface area (Å²) in [6.07, 6.45) is 4.08. The van der Waals surface area contributed by atoms with Gasteiger partial charge in [-0.2, -0.15) is 19.4 Å². The molecule has 3 heterocycles. The number of hydrogen-bond acceptors (Lipinski definition) is 8. The van der Waals surface area contributed by atoms with Crippen LogP contribution in [-0.4, -0.2) is 67.1 Å². The quantitative estimate of drug-likeness (QED) is 0.425. The standard InChI is InChI=1S/C27H35N7O3S/c1-15-12-29-21(16(2)24(15)37-6)13-33-30-20-11-17(9-10-28-18-7-8-18)19-14-38-32-25(23(31-33)22(19)20)34(26(35)36)27(3,4)5/h11-12,18,28H,7-10,13-14H2,1-6H3,(H,35,36). The molecule has 202 valence electrons. The van der Waals surface area contributed by atoms with Crippen molar-refractivity contribution in [1.29, 1.82) is 0 Å². The third kappa shape index (κ3) is 5.09. The van der Waals surface area contributed by atoms with Crippen LogP contribution in [0.3, 0.4) is 0 Å². The second-order valence-corrected chi connectivity index (χ2v) is 11.7. The molecule has 4 aliphatic rings. The summed E-state index contributed by atoms with van der Waals surface area (Å²) < 4.78 is 10.3. The van der Waals surface area contributed by atoms with Gasteiger partial charge in [-0.3, -0.25) is 9.88 Å². The molecular weight excluding hydrogens is 502 g/mol. The highest BCUT2D eigenvalue weighted by molar-refractivity contribution is 7.97. The molecule has 2 N–H and O–H groups in total. The summed E-state index contributed by atoms with van der Waals surface area (Å²) in [5, 5.41) is 23.6. The molecule has 0 unspecified atom stereocenters. The van der Waals surface area contributed by atoms with E-state index in [9.17, 15) is 9.90 Å². The number of amides is 1. The van der Waals surface area contributed by atoms with E-state index in [1.54, 1.807) is 18.1 Å². The highest BCUT2D eigenvalue weighted by Crippen LogP contribution is 2.40. The number of aromatic nitrogens is 4. The molecule has 1 fully saturated rings. The van der Waals surface area contributed by atoms with Crippen LogP contribution in [0.4, 0.5) is 4.79 Å². The van der Waals surface area contributed by atoms with Crippen molar-refractivity contribution >= 4 is 23.9 Å². The van der Waals surface area contributed by atoms with E-state index >= 15 is 0 Å². The molecule has 0 saturated heterocycles. The van der Waals surface area contributed by atoms with Crippen LogP contribution in [0.2, 0.25) is 0 Å². The molecule has 1 aromatic heterocycles. The molecule has 38 heavy (non-hydrogen) atoms. The second-order valence-electron chi connectivity index (χ2n) is 11.0. The molecule has 10 nitrogen and oxygen atoms in total. The summed E-state index contributed by atoms with van der Waals surface area (Å²) in [6, 6.07) is 2.77. The fourth-order valence-electron chi connectivity index (χ4n) is 5.02. The van der Waals surface area contributed by atoms with Gasteiger partial charge in [-0.25, -0.2) is 4.79 Å². The van der Waals surface area contributed by atoms with E-state index in [1.165, 1.54) is 35.3 Å². The minimum atomic E-state index is -1.07. The summed E-state index contributed by atoms with van der Waals surface area (Å²) in [6.45, 7) is 10.7. The fraction of sp³-hybridized carbons (Fsp3) is 0.519. The maximum Gasteiger partial charge on any atom is 0.413 e. The van der Waals surface area contributed by atoms with Crippen molar-refractivity contribution < 1.29 is 14.6 Å². The van der Waals surface area contributed by atoms with Gasteiger partial charge < -0.3 is 15.2 Å². The molecule has 2 aliphatic carbocycles. The van der Waals surface area contributed by atoms with Crippen molar-refractivity contribution in [1.82, 2.24) is 30.2 Å². The number of carbonyl (C=O) groups is 1. The molecule has 0 bridgehead atoms. The molecule has 2 aliphatic heterocycles. The van der Waals surface area contributed by atoms with Gasteiger partial charge in [0.05, 0.1) is 18.5 Å². The number of pyridine rings is 1. The zero-order valence-corrected chi connectivity index (χ0v) is 23.6. The summed E-state index contributed by atoms with van der Waals surface area (Å²) >= 11 is 1.36. The van der Waals surface area contributed by atoms with Crippen LogP contribution in [-0.2, 0) is 18.7 Å². The normalized spacial score (nSPS) is 15.4. The zero-order chi connectivity index (χ0) is 27.2. The van der Waals surface area contributed by atoms with Gasteiger partial charge in [0, 0.05) is 40.2 Å². The predicted molar refractivity (Wildman–Crippen MR) is 148 cm³/mol. The molecule has 0 radical (unpaired) electrons. The van der Waals surface area contributed by atoms with Crippen LogP contribution < -0.4 is 10.1 Å². The number of amidine groups is 1. The first kappa shape index (κ1) is 26.4. The minimum absolute atomic E-state index is 0.313. The maximum atomic E-state index is 12.5. The highest BCUT2D eigenvalue weighted by atomic mass is 32.2. The van der Waals surface area contributed by atoms with E-state index in [-0.39, 0.29) is 0 Å². The van der Waals surface area contributed by atoms with E-state index < -0.39 is 11.6 Å². The largest absolute Gasteiger partial charge is 0.496 e. The van der Waals surface area contributed by atoms with Crippen molar-refractivity contribution in [2.24, 2.45) is 4.40 Å². The number of ether oxygens (including phenoxy) is 1. The summed E-state index contributed by atoms with van der Waals surface area (Å²) in [5.41, 5.74) is 6.50. The number of methoxy groups -OCH3 is 1. The molecule has 11 heteroatoms. The molecule has 1 aromatic rings. The molecule has 0 spiro atoms. The Morgan fingerprint density at radius 3 is 2.71 bits per heavy atom. The van der Waals surface area contributed by atoms with Gasteiger partial charge in [-0.15, -0.1) is 0 Å². The summed E-state index contributed by atoms with van der Waals surface area (Å²) in [4.78, 5) is 20.0. The Balaban J connectivity index is 1.63. The first-order valence-corrected chi connectivity index (χ1v) is 13.9. The van der Waals surface area contributed by atoms with Gasteiger partial charge in [-0.05, 0) is 89.6 Å². The number of hydrogen-bond donors (Lipinski definition) is 2. The van der Waals surface area contributed by atoms with Gasteiger partial charge in [0.1, 0.15) is 18.0 Å². The average Bonchev–Trinajstić information content (AvgIpc) is 3.62. The minimum Gasteiger partial charge on any atom is -0.496 e. The van der Waals surface area contributed by atoms with Crippen molar-refractivity contribution in [3.8, 4) is 17.0 Å². The van der Waals surface area contributed by atoms with E-state index in [0.717, 1.165) is 52.4 Å². The second kappa shape index (κ2) is 10.2. The smallest absolute Gasteiger partial charge is 0.413 e. The van der Waals surface area contributed by atoms with Crippen LogP contribution in [0, 0.1) is 13.8 Å². The number of rotatable bonds is 7. The Morgan fingerprint density at radius 1 is 1.29 bits per heavy atom. The molecule has 1 saturated carbocycles. The Hall–Kier alpha value is -3.18. The Bertz CT molecular complexity index is 1370. The van der Waals surface area contributed by atoms with Crippen LogP contribution in [0.25, 0.3) is 11.3 Å². The lowest BCUT2D eigenvalue weighted by molar-refractivity contribution is 0.141. The lowest BCUT2D eigenvalue weighted by atomic mass is 10.0. The van der Waals surface area contributed by atoms with Crippen molar-refractivity contribution in [2.45, 2.75) is 77.8 Å². The Kier molecular flexibility index (Phi) is 7.08. The van der Waals surface area contributed by atoms with E-state index in [1.807, 2.05) is 34.6 Å². The van der Waals surface area contributed by atoms with Crippen LogP contribution in [0.1, 0.15) is 67.3 Å². The summed E-state index contributed by atoms with van der Waals surface area (Å²) in [5.74, 6) is 1.76. The highest BCUT2D eigenvalue weighted by Gasteiger charge is 2.37. The van der Waals surface area contributed by atoms with Gasteiger partial charge in [-0.1, -0.05) is 0 Å². The van der Waals surface area contributed by atoms with Gasteiger partial charge >= 0.3 is 6.09 Å². The van der Waals surface area contributed by atoms with E-state index in [4.69, 9.17) is 19.3 Å². The Morgan fingerprint density at radius 2 is 2.05 bits per heavy atom. The monoisotopic (exact) mass is 537 g/mol. The SMILES string of the molecule is COc1c(C)cnc(Cn2nc3cc(CCNC4CC4)c4c-3c(n2)C(N(C(=O)O)C(C)(C)C)=NSC4)c1C. The predicted octanol–water partition coefficient (Wildman–Crippen LogP) is 4.43. The number of nitrogens with one attached hydrogen (secondary N) is 1. The molecule has 0 atom stereocenters. The molecule has 5 rings (SSSR count). The summed E-state index contributed by atoms with van der Waals surface area (Å²) in [7, 11) is 1.65. The van der Waals surface area contributed by atoms with E-state index in [2.05, 4.69) is 16.4 Å². The zero-order valence-electron chi connectivity index (χ0n) is 22.8. The third-order valence-electron chi connectivity index (χ3n) is 7.02. The number of nitrogens with zero attached hydrogens (tertiary/aromatic N) is 6. The van der Waals surface area contributed by atoms with Crippen LogP contribution >= 0.6 is 11.9 Å². The first-order chi connectivity index (χ1) is 18.1. The maximum absolute atomic E-state index is 12.5. The number of carboxylic acid groups (broad SMARTS) is 1. The molecule has 1 amide bonds. The van der Waals surface area contributed by atoms with E-state index in [0.29, 0.717) is 29.9 Å². The van der Waals surface area contributed by atoms with Crippen molar-refractivity contribution in [2.75, 3.05) is 13.7 Å². The third-order valence-corrected chi connectivity index (χ3v) is 7.74. The van der Waals surface area contributed by atoms with Crippen LogP contribution in [0.5, 0.6) is 5.75 Å². The Labute approximate surface area is 227 Å². The molecule has 0 aromatic carbocycles. The fourth-order valence-corrected chi connectivity index (χ4v) is 5.83. The van der Waals surface area contributed by atoms with Crippen molar-refractivity contribution in [3.63, 3.8) is 0 Å². The number of aryl methyl sites for hydroxylation is 1. The van der Waals surface area contributed by atoms with Gasteiger partial charge in [0.15, 0.2) is 5.84 Å². The van der Waals surface area contributed by atoms with Gasteiger partial charge in [0.25, 0.3) is 0 Å². The molecular formula is C27H35N7O3S. The lowest BCUT2D eigenvalue weighted by Gasteiger charge is -2.33. The van der Waals surface area contributed by atoms with Gasteiger partial charge in [0.2, 0.25) is 0 Å². The first-order valence-electron chi connectivity index (χ1n) is 12.9. The van der Waals surface area contributed by atoms with Crippen molar-refractivity contribution in [3.05, 3.63) is 45.9 Å². The average molecular weight is 538 g/mol. The van der Waals surface area contributed by atoms with Crippen LogP contribution in [0.15, 0.2) is 16.7 Å². The topological polar surface area (TPSA) is 118 Å². The lowest BCUT2D eigenvalue weighted by Crippen LogP contribution is -2.49.